The molecule has 0 aromatic heterocycles. The van der Waals surface area contributed by atoms with E-state index in [-0.39, 0.29) is 11.0 Å². The van der Waals surface area contributed by atoms with Crippen molar-refractivity contribution in [2.24, 2.45) is 0 Å². The van der Waals surface area contributed by atoms with Crippen molar-refractivity contribution in [3.05, 3.63) is 51.9 Å². The first-order valence-corrected chi connectivity index (χ1v) is 11.7. The molecular formula is C24H25ClN2O6S. The summed E-state index contributed by atoms with van der Waals surface area (Å²) < 4.78 is 16.3. The molecule has 0 unspecified atom stereocenters. The summed E-state index contributed by atoms with van der Waals surface area (Å²) in [5, 5.41) is 2.45. The molecule has 1 fully saturated rings. The minimum absolute atomic E-state index is 0.0576. The van der Waals surface area contributed by atoms with Crippen molar-refractivity contribution >= 4 is 52.2 Å². The maximum absolute atomic E-state index is 12.8. The molecule has 34 heavy (non-hydrogen) atoms. The van der Waals surface area contributed by atoms with Gasteiger partial charge in [0.25, 0.3) is 11.1 Å². The predicted molar refractivity (Wildman–Crippen MR) is 133 cm³/mol. The van der Waals surface area contributed by atoms with Gasteiger partial charge in [-0.1, -0.05) is 18.5 Å². The van der Waals surface area contributed by atoms with Gasteiger partial charge in [-0.3, -0.25) is 19.3 Å². The Balaban J connectivity index is 1.73. The van der Waals surface area contributed by atoms with Crippen molar-refractivity contribution in [3.63, 3.8) is 0 Å². The van der Waals surface area contributed by atoms with Crippen LogP contribution in [-0.4, -0.2) is 48.8 Å². The van der Waals surface area contributed by atoms with Crippen LogP contribution in [-0.2, 0) is 9.59 Å². The molecule has 2 aromatic rings. The summed E-state index contributed by atoms with van der Waals surface area (Å²) in [6.07, 6.45) is 2.27. The first-order valence-electron chi connectivity index (χ1n) is 10.5. The van der Waals surface area contributed by atoms with Crippen molar-refractivity contribution in [2.45, 2.75) is 26.4 Å². The van der Waals surface area contributed by atoms with E-state index in [4.69, 9.17) is 25.8 Å². The number of anilines is 1. The van der Waals surface area contributed by atoms with Gasteiger partial charge in [0.2, 0.25) is 5.91 Å². The molecule has 8 nitrogen and oxygen atoms in total. The Bertz CT molecular complexity index is 1120. The Morgan fingerprint density at radius 1 is 1.18 bits per heavy atom. The molecule has 0 radical (unpaired) electrons. The number of ether oxygens (including phenoxy) is 3. The van der Waals surface area contributed by atoms with Gasteiger partial charge >= 0.3 is 0 Å². The van der Waals surface area contributed by atoms with Gasteiger partial charge < -0.3 is 19.5 Å². The number of carbonyl (C=O) groups is 3. The van der Waals surface area contributed by atoms with E-state index >= 15 is 0 Å². The van der Waals surface area contributed by atoms with E-state index in [2.05, 4.69) is 5.32 Å². The lowest BCUT2D eigenvalue weighted by molar-refractivity contribution is -0.127. The van der Waals surface area contributed by atoms with Crippen LogP contribution in [0.2, 0.25) is 5.02 Å². The van der Waals surface area contributed by atoms with E-state index in [0.717, 1.165) is 23.1 Å². The average molecular weight is 505 g/mol. The number of hydrogen-bond acceptors (Lipinski definition) is 7. The van der Waals surface area contributed by atoms with E-state index in [0.29, 0.717) is 33.5 Å². The van der Waals surface area contributed by atoms with Crippen LogP contribution in [0.4, 0.5) is 10.5 Å². The van der Waals surface area contributed by atoms with Crippen LogP contribution >= 0.6 is 23.4 Å². The van der Waals surface area contributed by atoms with Crippen LogP contribution in [0.15, 0.2) is 41.3 Å². The van der Waals surface area contributed by atoms with Crippen molar-refractivity contribution in [3.8, 4) is 17.2 Å². The summed E-state index contributed by atoms with van der Waals surface area (Å²) >= 11 is 7.15. The van der Waals surface area contributed by atoms with E-state index in [1.54, 1.807) is 43.5 Å². The van der Waals surface area contributed by atoms with E-state index in [9.17, 15) is 14.4 Å². The van der Waals surface area contributed by atoms with Crippen LogP contribution in [0, 0.1) is 0 Å². The molecule has 0 aliphatic carbocycles. The zero-order valence-corrected chi connectivity index (χ0v) is 20.8. The number of carbonyl (C=O) groups excluding carboxylic acids is 3. The second-order valence-corrected chi connectivity index (χ2v) is 8.82. The van der Waals surface area contributed by atoms with Gasteiger partial charge in [0.05, 0.1) is 30.3 Å². The van der Waals surface area contributed by atoms with Crippen molar-refractivity contribution in [1.29, 1.82) is 0 Å². The van der Waals surface area contributed by atoms with Gasteiger partial charge in [0, 0.05) is 5.69 Å². The largest absolute Gasteiger partial charge is 0.497 e. The highest BCUT2D eigenvalue weighted by molar-refractivity contribution is 8.18. The number of nitrogens with zero attached hydrogens (tertiary/aromatic N) is 1. The second kappa shape index (κ2) is 11.3. The topological polar surface area (TPSA) is 94.2 Å². The molecule has 2 aromatic carbocycles. The van der Waals surface area contributed by atoms with Crippen LogP contribution in [0.25, 0.3) is 6.08 Å². The summed E-state index contributed by atoms with van der Waals surface area (Å²) in [5.74, 6) is 0.418. The summed E-state index contributed by atoms with van der Waals surface area (Å²) in [4.78, 5) is 38.7. The highest BCUT2D eigenvalue weighted by Gasteiger charge is 2.36. The molecule has 1 heterocycles. The third kappa shape index (κ3) is 6.03. The van der Waals surface area contributed by atoms with Crippen LogP contribution < -0.4 is 19.5 Å². The zero-order valence-electron chi connectivity index (χ0n) is 19.2. The molecule has 0 saturated carbocycles. The quantitative estimate of drug-likeness (QED) is 0.468. The molecule has 0 bridgehead atoms. The standard InChI is InChI=1S/C24H25ClN2O6S/c1-5-14(2)33-22-18(25)10-15(11-19(22)32-4)12-20-23(29)27(24(30)34-20)13-21(28)26-16-6-8-17(31-3)9-7-16/h6-12,14H,5,13H2,1-4H3,(H,26,28)/b20-12+/t14-/m0/s1. The SMILES string of the molecule is CC[C@H](C)Oc1c(Cl)cc(/C=C2/SC(=O)N(CC(=O)Nc3ccc(OC)cc3)C2=O)cc1OC. The number of imide groups is 1. The number of methoxy groups -OCH3 is 2. The Hall–Kier alpha value is -3.17. The van der Waals surface area contributed by atoms with Gasteiger partial charge in [-0.2, -0.15) is 0 Å². The second-order valence-electron chi connectivity index (χ2n) is 7.42. The highest BCUT2D eigenvalue weighted by Crippen LogP contribution is 2.39. The van der Waals surface area contributed by atoms with Gasteiger partial charge in [0.15, 0.2) is 11.5 Å². The fourth-order valence-corrected chi connectivity index (χ4v) is 4.13. The maximum Gasteiger partial charge on any atom is 0.294 e. The van der Waals surface area contributed by atoms with E-state index < -0.39 is 23.6 Å². The minimum atomic E-state index is -0.560. The van der Waals surface area contributed by atoms with Gasteiger partial charge in [-0.15, -0.1) is 0 Å². The lowest BCUT2D eigenvalue weighted by atomic mass is 10.1. The van der Waals surface area contributed by atoms with E-state index in [1.807, 2.05) is 13.8 Å². The van der Waals surface area contributed by atoms with Crippen molar-refractivity contribution < 1.29 is 28.6 Å². The molecule has 1 N–H and O–H groups in total. The first-order chi connectivity index (χ1) is 16.2. The molecule has 1 atom stereocenters. The normalized spacial score (nSPS) is 15.4. The van der Waals surface area contributed by atoms with Crippen molar-refractivity contribution in [2.75, 3.05) is 26.1 Å². The summed E-state index contributed by atoms with van der Waals surface area (Å²) in [7, 11) is 3.04. The monoisotopic (exact) mass is 504 g/mol. The molecular weight excluding hydrogens is 480 g/mol. The maximum atomic E-state index is 12.8. The number of hydrogen-bond donors (Lipinski definition) is 1. The molecule has 0 spiro atoms. The number of amides is 3. The molecule has 1 saturated heterocycles. The first kappa shape index (κ1) is 25.5. The van der Waals surface area contributed by atoms with Gasteiger partial charge in [-0.05, 0) is 73.1 Å². The van der Waals surface area contributed by atoms with Crippen LogP contribution in [0.5, 0.6) is 17.2 Å². The summed E-state index contributed by atoms with van der Waals surface area (Å²) in [5.41, 5.74) is 1.08. The smallest absolute Gasteiger partial charge is 0.294 e. The lowest BCUT2D eigenvalue weighted by Gasteiger charge is -2.17. The predicted octanol–water partition coefficient (Wildman–Crippen LogP) is 5.21. The fourth-order valence-electron chi connectivity index (χ4n) is 3.03. The molecule has 180 valence electrons. The minimum Gasteiger partial charge on any atom is -0.497 e. The van der Waals surface area contributed by atoms with Crippen LogP contribution in [0.3, 0.4) is 0 Å². The molecule has 1 aliphatic heterocycles. The van der Waals surface area contributed by atoms with Crippen LogP contribution in [0.1, 0.15) is 25.8 Å². The number of benzene rings is 2. The Morgan fingerprint density at radius 3 is 2.50 bits per heavy atom. The van der Waals surface area contributed by atoms with E-state index in [1.165, 1.54) is 13.2 Å². The molecule has 1 aliphatic rings. The number of halogens is 1. The highest BCUT2D eigenvalue weighted by atomic mass is 35.5. The molecule has 3 rings (SSSR count). The lowest BCUT2D eigenvalue weighted by Crippen LogP contribution is -2.36. The number of thioether (sulfide) groups is 1. The number of rotatable bonds is 9. The average Bonchev–Trinajstić information content (AvgIpc) is 3.08. The Morgan fingerprint density at radius 2 is 1.88 bits per heavy atom. The zero-order chi connectivity index (χ0) is 24.8. The Kier molecular flexibility index (Phi) is 8.46. The third-order valence-corrected chi connectivity index (χ3v) is 6.18. The van der Waals surface area contributed by atoms with Crippen molar-refractivity contribution in [1.82, 2.24) is 4.90 Å². The molecule has 10 heteroatoms. The summed E-state index contributed by atoms with van der Waals surface area (Å²) in [6, 6.07) is 10.0. The number of nitrogens with one attached hydrogen (secondary N) is 1. The third-order valence-electron chi connectivity index (χ3n) is 4.99. The van der Waals surface area contributed by atoms with Gasteiger partial charge in [0.1, 0.15) is 12.3 Å². The fraction of sp³-hybridized carbons (Fsp3) is 0.292. The Labute approximate surface area is 207 Å². The van der Waals surface area contributed by atoms with Gasteiger partial charge in [-0.25, -0.2) is 0 Å². The summed E-state index contributed by atoms with van der Waals surface area (Å²) in [6.45, 7) is 3.51. The molecule has 3 amide bonds.